The number of hydrogen-bond donors (Lipinski definition) is 1. The van der Waals surface area contributed by atoms with E-state index in [9.17, 15) is 31.1 Å². The monoisotopic (exact) mass is 313 g/mol. The fraction of sp³-hybridized carbons (Fsp3) is 0.462. The summed E-state index contributed by atoms with van der Waals surface area (Å²) in [5, 5.41) is 0. The van der Waals surface area contributed by atoms with Crippen LogP contribution in [0.2, 0.25) is 0 Å². The highest BCUT2D eigenvalue weighted by Gasteiger charge is 2.37. The predicted octanol–water partition coefficient (Wildman–Crippen LogP) is 4.09. The Hall–Kier alpha value is -1.57. The summed E-state index contributed by atoms with van der Waals surface area (Å²) in [5.41, 5.74) is 2.30. The lowest BCUT2D eigenvalue weighted by Gasteiger charge is -2.17. The van der Waals surface area contributed by atoms with Crippen molar-refractivity contribution < 1.29 is 31.1 Å². The molecule has 0 aliphatic heterocycles. The lowest BCUT2D eigenvalue weighted by molar-refractivity contribution is -0.143. The molecule has 0 bridgehead atoms. The van der Waals surface area contributed by atoms with Crippen LogP contribution in [0.25, 0.3) is 0 Å². The smallest absolute Gasteiger partial charge is 0.324 e. The van der Waals surface area contributed by atoms with Crippen molar-refractivity contribution in [3.8, 4) is 0 Å². The van der Waals surface area contributed by atoms with Crippen molar-refractivity contribution in [2.45, 2.75) is 38.2 Å². The second-order valence-corrected chi connectivity index (χ2v) is 4.54. The standard InChI is InChI=1S/C13H13F6NO/c1-2-10(21)6-11(20)7-3-8(12(14,15)16)5-9(4-7)13(17,18)19/h3-5,11H,2,6,20H2,1H3. The highest BCUT2D eigenvalue weighted by molar-refractivity contribution is 5.78. The minimum absolute atomic E-state index is 0.0257. The normalized spacial score (nSPS) is 14.1. The van der Waals surface area contributed by atoms with Crippen LogP contribution in [0.15, 0.2) is 18.2 Å². The van der Waals surface area contributed by atoms with E-state index in [1.54, 1.807) is 0 Å². The molecule has 1 rings (SSSR count). The zero-order valence-electron chi connectivity index (χ0n) is 11.0. The highest BCUT2D eigenvalue weighted by Crippen LogP contribution is 2.37. The molecule has 21 heavy (non-hydrogen) atoms. The van der Waals surface area contributed by atoms with Crippen molar-refractivity contribution in [1.29, 1.82) is 0 Å². The SMILES string of the molecule is CCC(=O)CC(N)c1cc(C(F)(F)F)cc(C(F)(F)F)c1. The van der Waals surface area contributed by atoms with Crippen LogP contribution in [0, 0.1) is 0 Å². The van der Waals surface area contributed by atoms with E-state index < -0.39 is 29.5 Å². The van der Waals surface area contributed by atoms with Crippen molar-refractivity contribution in [1.82, 2.24) is 0 Å². The molecule has 0 spiro atoms. The zero-order valence-corrected chi connectivity index (χ0v) is 11.0. The number of rotatable bonds is 4. The summed E-state index contributed by atoms with van der Waals surface area (Å²) in [4.78, 5) is 11.2. The van der Waals surface area contributed by atoms with Gasteiger partial charge in [0.2, 0.25) is 0 Å². The minimum Gasteiger partial charge on any atom is -0.324 e. The molecular weight excluding hydrogens is 300 g/mol. The second kappa shape index (κ2) is 6.05. The van der Waals surface area contributed by atoms with Crippen molar-refractivity contribution in [2.75, 3.05) is 0 Å². The van der Waals surface area contributed by atoms with Crippen molar-refractivity contribution >= 4 is 5.78 Å². The third-order valence-electron chi connectivity index (χ3n) is 2.88. The number of benzene rings is 1. The van der Waals surface area contributed by atoms with Gasteiger partial charge >= 0.3 is 12.4 Å². The molecule has 0 saturated carbocycles. The summed E-state index contributed by atoms with van der Waals surface area (Å²) in [6, 6.07) is -0.0929. The number of hydrogen-bond acceptors (Lipinski definition) is 2. The summed E-state index contributed by atoms with van der Waals surface area (Å²) in [7, 11) is 0. The van der Waals surface area contributed by atoms with Crippen LogP contribution in [0.4, 0.5) is 26.3 Å². The number of ketones is 1. The molecule has 0 aliphatic rings. The molecule has 1 aromatic carbocycles. The first-order valence-corrected chi connectivity index (χ1v) is 6.01. The van der Waals surface area contributed by atoms with Crippen LogP contribution in [0.1, 0.15) is 42.5 Å². The van der Waals surface area contributed by atoms with Crippen molar-refractivity contribution in [2.24, 2.45) is 5.73 Å². The van der Waals surface area contributed by atoms with Gasteiger partial charge in [0.25, 0.3) is 0 Å². The van der Waals surface area contributed by atoms with Crippen LogP contribution in [0.3, 0.4) is 0 Å². The van der Waals surface area contributed by atoms with E-state index in [1.807, 2.05) is 0 Å². The second-order valence-electron chi connectivity index (χ2n) is 4.54. The molecule has 0 amide bonds. The molecule has 0 aromatic heterocycles. The van der Waals surface area contributed by atoms with Crippen LogP contribution < -0.4 is 5.73 Å². The number of Topliss-reactive ketones (excluding diaryl/α,β-unsaturated/α-hetero) is 1. The molecule has 1 atom stereocenters. The van der Waals surface area contributed by atoms with Gasteiger partial charge in [-0.25, -0.2) is 0 Å². The topological polar surface area (TPSA) is 43.1 Å². The van der Waals surface area contributed by atoms with Crippen LogP contribution in [-0.4, -0.2) is 5.78 Å². The third kappa shape index (κ3) is 4.73. The first kappa shape index (κ1) is 17.5. The maximum Gasteiger partial charge on any atom is 0.416 e. The quantitative estimate of drug-likeness (QED) is 0.851. The number of nitrogens with two attached hydrogens (primary N) is 1. The van der Waals surface area contributed by atoms with E-state index in [1.165, 1.54) is 6.92 Å². The number of halogens is 6. The van der Waals surface area contributed by atoms with Gasteiger partial charge in [0.15, 0.2) is 0 Å². The van der Waals surface area contributed by atoms with Crippen LogP contribution in [-0.2, 0) is 17.1 Å². The Bertz CT molecular complexity index is 488. The van der Waals surface area contributed by atoms with E-state index in [0.717, 1.165) is 0 Å². The van der Waals surface area contributed by atoms with E-state index >= 15 is 0 Å². The molecular formula is C13H13F6NO. The summed E-state index contributed by atoms with van der Waals surface area (Å²) >= 11 is 0. The van der Waals surface area contributed by atoms with E-state index in [2.05, 4.69) is 0 Å². The third-order valence-corrected chi connectivity index (χ3v) is 2.88. The Kier molecular flexibility index (Phi) is 5.03. The van der Waals surface area contributed by atoms with E-state index in [4.69, 9.17) is 5.73 Å². The molecule has 0 fully saturated rings. The largest absolute Gasteiger partial charge is 0.416 e. The van der Waals surface area contributed by atoms with Gasteiger partial charge < -0.3 is 5.73 Å². The zero-order chi connectivity index (χ0) is 16.4. The molecule has 0 heterocycles. The molecule has 0 saturated heterocycles. The Morgan fingerprint density at radius 2 is 1.48 bits per heavy atom. The fourth-order valence-corrected chi connectivity index (χ4v) is 1.70. The number of carbonyl (C=O) groups excluding carboxylic acids is 1. The molecule has 2 N–H and O–H groups in total. The molecule has 0 radical (unpaired) electrons. The Morgan fingerprint density at radius 1 is 1.05 bits per heavy atom. The molecule has 1 aromatic rings. The van der Waals surface area contributed by atoms with Gasteiger partial charge in [0.1, 0.15) is 5.78 Å². The molecule has 0 aliphatic carbocycles. The van der Waals surface area contributed by atoms with Gasteiger partial charge in [0.05, 0.1) is 11.1 Å². The molecule has 118 valence electrons. The maximum absolute atomic E-state index is 12.7. The lowest BCUT2D eigenvalue weighted by Crippen LogP contribution is -2.18. The Labute approximate surface area is 116 Å². The minimum atomic E-state index is -4.93. The van der Waals surface area contributed by atoms with E-state index in [0.29, 0.717) is 12.1 Å². The summed E-state index contributed by atoms with van der Waals surface area (Å²) in [6.07, 6.45) is -10.1. The van der Waals surface area contributed by atoms with Crippen LogP contribution in [0.5, 0.6) is 0 Å². The summed E-state index contributed by atoms with van der Waals surface area (Å²) in [6.45, 7) is 1.53. The van der Waals surface area contributed by atoms with E-state index in [-0.39, 0.29) is 30.3 Å². The number of alkyl halides is 6. The first-order chi connectivity index (χ1) is 9.45. The van der Waals surface area contributed by atoms with Gasteiger partial charge in [0, 0.05) is 18.9 Å². The highest BCUT2D eigenvalue weighted by atomic mass is 19.4. The van der Waals surface area contributed by atoms with Gasteiger partial charge in [-0.05, 0) is 23.8 Å². The lowest BCUT2D eigenvalue weighted by atomic mass is 9.96. The molecule has 2 nitrogen and oxygen atoms in total. The average molecular weight is 313 g/mol. The van der Waals surface area contributed by atoms with Crippen LogP contribution >= 0.6 is 0 Å². The Balaban J connectivity index is 3.28. The first-order valence-electron chi connectivity index (χ1n) is 6.01. The molecule has 8 heteroatoms. The Morgan fingerprint density at radius 3 is 1.81 bits per heavy atom. The fourth-order valence-electron chi connectivity index (χ4n) is 1.70. The van der Waals surface area contributed by atoms with Gasteiger partial charge in [-0.3, -0.25) is 4.79 Å². The van der Waals surface area contributed by atoms with Gasteiger partial charge in [-0.15, -0.1) is 0 Å². The number of carbonyl (C=O) groups is 1. The summed E-state index contributed by atoms with van der Waals surface area (Å²) < 4.78 is 75.9. The molecule has 1 unspecified atom stereocenters. The van der Waals surface area contributed by atoms with Gasteiger partial charge in [-0.2, -0.15) is 26.3 Å². The maximum atomic E-state index is 12.7. The summed E-state index contributed by atoms with van der Waals surface area (Å²) in [5.74, 6) is -0.339. The average Bonchev–Trinajstić information content (AvgIpc) is 2.35. The van der Waals surface area contributed by atoms with Crippen molar-refractivity contribution in [3.63, 3.8) is 0 Å². The predicted molar refractivity (Wildman–Crippen MR) is 63.3 cm³/mol. The van der Waals surface area contributed by atoms with Gasteiger partial charge in [-0.1, -0.05) is 6.92 Å². The van der Waals surface area contributed by atoms with Crippen molar-refractivity contribution in [3.05, 3.63) is 34.9 Å².